The minimum atomic E-state index is -4.67. The molecule has 2 aliphatic heterocycles. The lowest BCUT2D eigenvalue weighted by atomic mass is 9.83. The average Bonchev–Trinajstić information content (AvgIpc) is 3.72. The van der Waals surface area contributed by atoms with Gasteiger partial charge in [-0.1, -0.05) is 12.1 Å². The summed E-state index contributed by atoms with van der Waals surface area (Å²) in [5, 5.41) is 10.6. The smallest absolute Gasteiger partial charge is 0.433 e. The second-order valence-electron chi connectivity index (χ2n) is 15.7. The molecular weight excluding hydrogens is 741 g/mol. The number of nitrogens with one attached hydrogen (secondary N) is 2. The number of alkyl halides is 3. The molecule has 3 aliphatic rings. The van der Waals surface area contributed by atoms with Crippen LogP contribution in [0.1, 0.15) is 96.7 Å². The van der Waals surface area contributed by atoms with E-state index in [4.69, 9.17) is 9.84 Å². The molecule has 1 atom stereocenters. The Morgan fingerprint density at radius 2 is 1.75 bits per heavy atom. The molecule has 2 aromatic carbocycles. The number of aromatic nitrogens is 5. The first kappa shape index (κ1) is 38.4. The Bertz CT molecular complexity index is 2440. The monoisotopic (exact) mass is 786 g/mol. The number of rotatable bonds is 8. The van der Waals surface area contributed by atoms with Crippen molar-refractivity contribution in [2.75, 3.05) is 32.1 Å². The van der Waals surface area contributed by atoms with Crippen LogP contribution in [0.5, 0.6) is 5.75 Å². The molecule has 0 radical (unpaired) electrons. The van der Waals surface area contributed by atoms with Crippen molar-refractivity contribution in [2.24, 2.45) is 13.0 Å². The van der Waals surface area contributed by atoms with Gasteiger partial charge in [0.2, 0.25) is 11.8 Å². The molecule has 2 saturated heterocycles. The normalized spacial score (nSPS) is 21.3. The van der Waals surface area contributed by atoms with Crippen LogP contribution >= 0.6 is 0 Å². The number of methoxy groups -OCH3 is 1. The van der Waals surface area contributed by atoms with E-state index in [1.807, 2.05) is 16.9 Å². The van der Waals surface area contributed by atoms with Gasteiger partial charge in [0.1, 0.15) is 23.2 Å². The molecule has 0 bridgehead atoms. The van der Waals surface area contributed by atoms with Gasteiger partial charge in [0.05, 0.1) is 35.4 Å². The summed E-state index contributed by atoms with van der Waals surface area (Å²) in [6.07, 6.45) is 3.94. The van der Waals surface area contributed by atoms with Crippen LogP contribution in [0.2, 0.25) is 0 Å². The van der Waals surface area contributed by atoms with Crippen molar-refractivity contribution in [3.63, 3.8) is 0 Å². The molecule has 1 saturated carbocycles. The van der Waals surface area contributed by atoms with Gasteiger partial charge in [-0.3, -0.25) is 33.5 Å². The highest BCUT2D eigenvalue weighted by Gasteiger charge is 2.34. The van der Waals surface area contributed by atoms with Crippen LogP contribution in [0.3, 0.4) is 0 Å². The second-order valence-corrected chi connectivity index (χ2v) is 15.7. The third-order valence-corrected chi connectivity index (χ3v) is 12.2. The number of carbonyl (C=O) groups excluding carboxylic acids is 3. The maximum Gasteiger partial charge on any atom is 0.433 e. The van der Waals surface area contributed by atoms with E-state index in [-0.39, 0.29) is 29.8 Å². The molecule has 5 aromatic rings. The van der Waals surface area contributed by atoms with Crippen LogP contribution in [0.15, 0.2) is 53.5 Å². The molecule has 300 valence electrons. The van der Waals surface area contributed by atoms with E-state index in [0.717, 1.165) is 92.3 Å². The lowest BCUT2D eigenvalue weighted by Crippen LogP contribution is -2.44. The summed E-state index contributed by atoms with van der Waals surface area (Å²) in [5.74, 6) is -0.234. The summed E-state index contributed by atoms with van der Waals surface area (Å²) in [6.45, 7) is 5.10. The van der Waals surface area contributed by atoms with Crippen molar-refractivity contribution >= 4 is 45.3 Å². The van der Waals surface area contributed by atoms with Crippen LogP contribution < -0.4 is 21.1 Å². The van der Waals surface area contributed by atoms with Crippen molar-refractivity contribution in [1.29, 1.82) is 0 Å². The molecule has 5 heterocycles. The quantitative estimate of drug-likeness (QED) is 0.176. The molecule has 1 unspecified atom stereocenters. The number of ether oxygens (including phenoxy) is 1. The lowest BCUT2D eigenvalue weighted by Gasteiger charge is -2.37. The third kappa shape index (κ3) is 7.42. The molecule has 13 nitrogen and oxygen atoms in total. The second kappa shape index (κ2) is 15.1. The number of hydrogen-bond donors (Lipinski definition) is 2. The van der Waals surface area contributed by atoms with Crippen molar-refractivity contribution < 1.29 is 32.3 Å². The van der Waals surface area contributed by atoms with Crippen LogP contribution in [0.25, 0.3) is 21.9 Å². The number of pyridine rings is 1. The van der Waals surface area contributed by atoms with Gasteiger partial charge in [-0.05, 0) is 112 Å². The van der Waals surface area contributed by atoms with E-state index in [1.165, 1.54) is 18.7 Å². The van der Waals surface area contributed by atoms with E-state index in [2.05, 4.69) is 33.5 Å². The van der Waals surface area contributed by atoms with Crippen molar-refractivity contribution in [1.82, 2.24) is 34.1 Å². The molecule has 1 aliphatic carbocycles. The highest BCUT2D eigenvalue weighted by Crippen LogP contribution is 2.38. The summed E-state index contributed by atoms with van der Waals surface area (Å²) < 4.78 is 50.2. The van der Waals surface area contributed by atoms with Gasteiger partial charge in [0, 0.05) is 37.7 Å². The van der Waals surface area contributed by atoms with Gasteiger partial charge in [0.25, 0.3) is 5.91 Å². The molecular formula is C41H45F3N8O5. The summed E-state index contributed by atoms with van der Waals surface area (Å²) in [4.78, 5) is 56.7. The van der Waals surface area contributed by atoms with Gasteiger partial charge < -0.3 is 15.0 Å². The fourth-order valence-corrected chi connectivity index (χ4v) is 9.17. The molecule has 2 N–H and O–H groups in total. The zero-order valence-electron chi connectivity index (χ0n) is 32.1. The highest BCUT2D eigenvalue weighted by molar-refractivity contribution is 6.05. The minimum absolute atomic E-state index is 0.206. The zero-order valence-corrected chi connectivity index (χ0v) is 32.1. The van der Waals surface area contributed by atoms with E-state index in [9.17, 15) is 32.3 Å². The fraction of sp³-hybridized carbons (Fsp3) is 0.463. The number of anilines is 1. The largest absolute Gasteiger partial charge is 0.494 e. The maximum atomic E-state index is 13.4. The van der Waals surface area contributed by atoms with Crippen LogP contribution in [0.4, 0.5) is 18.9 Å². The Balaban J connectivity index is 0.870. The maximum absolute atomic E-state index is 13.4. The number of amides is 3. The van der Waals surface area contributed by atoms with Gasteiger partial charge in [-0.2, -0.15) is 18.3 Å². The van der Waals surface area contributed by atoms with Crippen LogP contribution in [-0.4, -0.2) is 73.3 Å². The molecule has 3 aromatic heterocycles. The number of likely N-dealkylation sites (tertiary alicyclic amines) is 1. The van der Waals surface area contributed by atoms with Crippen molar-refractivity contribution in [2.45, 2.75) is 82.5 Å². The standard InChI is InChI=1S/C41H45F3N8O5/c1-23-28(11-12-32-37(23)49(2)40(56)52(32)33-13-14-36(53)47-39(33)55)25-15-17-50(18-16-25)21-24-7-9-27(10-8-24)51-22-26-19-31(34(57-3)20-30(26)48-51)46-38(54)29-5-4-6-35(45-29)41(42,43)44/h4-6,11-12,19-20,22,24-25,27,33H,7-10,13-18,21H2,1-3H3,(H,46,54)(H,47,53,55). The molecule has 8 rings (SSSR count). The Hall–Kier alpha value is -5.51. The van der Waals surface area contributed by atoms with Crippen molar-refractivity contribution in [3.05, 3.63) is 81.7 Å². The highest BCUT2D eigenvalue weighted by atomic mass is 19.4. The molecule has 3 fully saturated rings. The number of fused-ring (bicyclic) bond motifs is 2. The number of carbonyl (C=O) groups is 3. The van der Waals surface area contributed by atoms with Crippen LogP contribution in [0, 0.1) is 12.8 Å². The Kier molecular flexibility index (Phi) is 10.2. The summed E-state index contributed by atoms with van der Waals surface area (Å²) in [7, 11) is 3.20. The number of benzene rings is 2. The van der Waals surface area contributed by atoms with Gasteiger partial charge in [0.15, 0.2) is 0 Å². The third-order valence-electron chi connectivity index (χ3n) is 12.2. The van der Waals surface area contributed by atoms with Gasteiger partial charge in [-0.25, -0.2) is 9.78 Å². The minimum Gasteiger partial charge on any atom is -0.494 e. The first-order valence-corrected chi connectivity index (χ1v) is 19.5. The molecule has 3 amide bonds. The number of nitrogens with zero attached hydrogens (tertiary/aromatic N) is 6. The Morgan fingerprint density at radius 3 is 2.46 bits per heavy atom. The first-order valence-electron chi connectivity index (χ1n) is 19.5. The molecule has 57 heavy (non-hydrogen) atoms. The van der Waals surface area contributed by atoms with Crippen molar-refractivity contribution in [3.8, 4) is 5.75 Å². The van der Waals surface area contributed by atoms with E-state index in [1.54, 1.807) is 28.3 Å². The lowest BCUT2D eigenvalue weighted by molar-refractivity contribution is -0.141. The van der Waals surface area contributed by atoms with E-state index in [0.29, 0.717) is 35.2 Å². The van der Waals surface area contributed by atoms with E-state index >= 15 is 0 Å². The van der Waals surface area contributed by atoms with Crippen LogP contribution in [-0.2, 0) is 22.8 Å². The van der Waals surface area contributed by atoms with Gasteiger partial charge >= 0.3 is 11.9 Å². The SMILES string of the molecule is COc1cc2nn(C3CCC(CN4CCC(c5ccc6c(c5C)n(C)c(=O)n6C5CCC(=O)NC5=O)CC4)CC3)cc2cc1NC(=O)c1cccc(C(F)(F)F)n1. The number of imidazole rings is 1. The number of piperidine rings is 2. The Labute approximate surface area is 326 Å². The predicted molar refractivity (Wildman–Crippen MR) is 206 cm³/mol. The fourth-order valence-electron chi connectivity index (χ4n) is 9.17. The number of imide groups is 1. The number of hydrogen-bond acceptors (Lipinski definition) is 8. The Morgan fingerprint density at radius 1 is 1.00 bits per heavy atom. The summed E-state index contributed by atoms with van der Waals surface area (Å²) in [5.41, 5.74) is 3.11. The molecule has 0 spiro atoms. The number of halogens is 3. The van der Waals surface area contributed by atoms with Gasteiger partial charge in [-0.15, -0.1) is 0 Å². The average molecular weight is 787 g/mol. The summed E-state index contributed by atoms with van der Waals surface area (Å²) >= 11 is 0. The van der Waals surface area contributed by atoms with E-state index < -0.39 is 29.7 Å². The zero-order chi connectivity index (χ0) is 40.2. The topological polar surface area (TPSA) is 145 Å². The molecule has 16 heteroatoms. The predicted octanol–water partition coefficient (Wildman–Crippen LogP) is 6.26. The number of aryl methyl sites for hydroxylation is 2. The first-order chi connectivity index (χ1) is 27.3. The summed E-state index contributed by atoms with van der Waals surface area (Å²) in [6, 6.07) is 10.2.